The fourth-order valence-corrected chi connectivity index (χ4v) is 3.54. The molecular formula is C24H14O5. The summed E-state index contributed by atoms with van der Waals surface area (Å²) in [4.78, 5) is 25.0. The molecule has 0 aliphatic rings. The molecule has 1 N–H and O–H groups in total. The number of phenols is 1. The van der Waals surface area contributed by atoms with E-state index in [4.69, 9.17) is 8.83 Å². The summed E-state index contributed by atoms with van der Waals surface area (Å²) >= 11 is 0. The third-order valence-electron chi connectivity index (χ3n) is 4.86. The van der Waals surface area contributed by atoms with Crippen LogP contribution >= 0.6 is 0 Å². The molecule has 3 aromatic carbocycles. The van der Waals surface area contributed by atoms with Crippen LogP contribution in [0.1, 0.15) is 0 Å². The first kappa shape index (κ1) is 17.0. The topological polar surface area (TPSA) is 80.6 Å². The van der Waals surface area contributed by atoms with Gasteiger partial charge >= 0.3 is 11.3 Å². The standard InChI is InChI=1S/C24H14O5/c25-16-10-9-15-11-20(24(27)28-21(15)12-16)18-8-4-7-17-19(13-22(26)29-23(17)18)14-5-2-1-3-6-14/h1-13,25H. The van der Waals surface area contributed by atoms with Crippen molar-refractivity contribution in [3.05, 3.63) is 99.7 Å². The van der Waals surface area contributed by atoms with Crippen molar-refractivity contribution < 1.29 is 13.9 Å². The van der Waals surface area contributed by atoms with Crippen molar-refractivity contribution in [2.45, 2.75) is 0 Å². The second kappa shape index (κ2) is 6.49. The highest BCUT2D eigenvalue weighted by Crippen LogP contribution is 2.33. The van der Waals surface area contributed by atoms with E-state index in [9.17, 15) is 14.7 Å². The number of fused-ring (bicyclic) bond motifs is 2. The molecule has 0 fully saturated rings. The van der Waals surface area contributed by atoms with Crippen LogP contribution in [-0.2, 0) is 0 Å². The summed E-state index contributed by atoms with van der Waals surface area (Å²) in [5.41, 5.74) is 1.89. The maximum Gasteiger partial charge on any atom is 0.344 e. The fourth-order valence-electron chi connectivity index (χ4n) is 3.54. The normalized spacial score (nSPS) is 11.2. The van der Waals surface area contributed by atoms with Gasteiger partial charge in [-0.2, -0.15) is 0 Å². The maximum atomic E-state index is 12.7. The highest BCUT2D eigenvalue weighted by Gasteiger charge is 2.16. The number of aromatic hydroxyl groups is 1. The largest absolute Gasteiger partial charge is 0.508 e. The Labute approximate surface area is 164 Å². The Hall–Kier alpha value is -4.12. The van der Waals surface area contributed by atoms with Gasteiger partial charge in [0, 0.05) is 28.5 Å². The molecule has 5 rings (SSSR count). The van der Waals surface area contributed by atoms with Crippen molar-refractivity contribution in [3.8, 4) is 28.0 Å². The van der Waals surface area contributed by atoms with Gasteiger partial charge in [0.2, 0.25) is 0 Å². The monoisotopic (exact) mass is 382 g/mol. The summed E-state index contributed by atoms with van der Waals surface area (Å²) in [5.74, 6) is 0.0112. The van der Waals surface area contributed by atoms with Gasteiger partial charge < -0.3 is 13.9 Å². The molecule has 0 saturated carbocycles. The molecule has 0 radical (unpaired) electrons. The van der Waals surface area contributed by atoms with E-state index in [1.165, 1.54) is 18.2 Å². The molecule has 2 heterocycles. The van der Waals surface area contributed by atoms with Crippen molar-refractivity contribution in [1.82, 2.24) is 0 Å². The number of hydrogen-bond acceptors (Lipinski definition) is 5. The number of benzene rings is 3. The molecule has 0 bridgehead atoms. The predicted octanol–water partition coefficient (Wildman–Crippen LogP) is 4.94. The van der Waals surface area contributed by atoms with E-state index in [1.54, 1.807) is 18.2 Å². The average Bonchev–Trinajstić information content (AvgIpc) is 2.73. The highest BCUT2D eigenvalue weighted by molar-refractivity contribution is 6.01. The number of phenolic OH excluding ortho intramolecular Hbond substituents is 1. The Morgan fingerprint density at radius 1 is 0.690 bits per heavy atom. The average molecular weight is 382 g/mol. The Kier molecular flexibility index (Phi) is 3.81. The lowest BCUT2D eigenvalue weighted by atomic mass is 9.97. The molecule has 0 aliphatic carbocycles. The molecule has 140 valence electrons. The molecule has 0 aliphatic heterocycles. The number of para-hydroxylation sites is 1. The third-order valence-corrected chi connectivity index (χ3v) is 4.86. The molecule has 5 heteroatoms. The van der Waals surface area contributed by atoms with Crippen molar-refractivity contribution in [1.29, 1.82) is 0 Å². The molecule has 0 amide bonds. The fraction of sp³-hybridized carbons (Fsp3) is 0. The maximum absolute atomic E-state index is 12.7. The van der Waals surface area contributed by atoms with E-state index < -0.39 is 11.3 Å². The van der Waals surface area contributed by atoms with Crippen LogP contribution in [-0.4, -0.2) is 5.11 Å². The zero-order valence-corrected chi connectivity index (χ0v) is 15.1. The minimum atomic E-state index is -0.580. The summed E-state index contributed by atoms with van der Waals surface area (Å²) < 4.78 is 10.9. The van der Waals surface area contributed by atoms with Crippen molar-refractivity contribution in [2.75, 3.05) is 0 Å². The van der Waals surface area contributed by atoms with Crippen LogP contribution in [0.3, 0.4) is 0 Å². The van der Waals surface area contributed by atoms with Gasteiger partial charge in [-0.05, 0) is 29.3 Å². The predicted molar refractivity (Wildman–Crippen MR) is 111 cm³/mol. The Bertz CT molecular complexity index is 1490. The highest BCUT2D eigenvalue weighted by atomic mass is 16.4. The molecule has 0 unspecified atom stereocenters. The van der Waals surface area contributed by atoms with Crippen molar-refractivity contribution >= 4 is 21.9 Å². The van der Waals surface area contributed by atoms with Crippen LogP contribution in [0.2, 0.25) is 0 Å². The quantitative estimate of drug-likeness (QED) is 0.438. The van der Waals surface area contributed by atoms with Crippen LogP contribution in [0.4, 0.5) is 0 Å². The van der Waals surface area contributed by atoms with Gasteiger partial charge in [0.25, 0.3) is 0 Å². The van der Waals surface area contributed by atoms with E-state index in [0.29, 0.717) is 16.5 Å². The first-order valence-corrected chi connectivity index (χ1v) is 9.00. The lowest BCUT2D eigenvalue weighted by Gasteiger charge is -2.09. The Morgan fingerprint density at radius 2 is 1.52 bits per heavy atom. The van der Waals surface area contributed by atoms with Gasteiger partial charge in [0.05, 0.1) is 5.56 Å². The van der Waals surface area contributed by atoms with Crippen LogP contribution in [0, 0.1) is 0 Å². The van der Waals surface area contributed by atoms with Crippen LogP contribution in [0.5, 0.6) is 5.75 Å². The summed E-state index contributed by atoms with van der Waals surface area (Å²) in [5, 5.41) is 11.0. The second-order valence-corrected chi connectivity index (χ2v) is 6.70. The van der Waals surface area contributed by atoms with E-state index in [0.717, 1.165) is 16.5 Å². The molecular weight excluding hydrogens is 368 g/mol. The van der Waals surface area contributed by atoms with Crippen LogP contribution < -0.4 is 11.3 Å². The van der Waals surface area contributed by atoms with Gasteiger partial charge in [-0.25, -0.2) is 9.59 Å². The van der Waals surface area contributed by atoms with Crippen LogP contribution in [0.15, 0.2) is 97.3 Å². The molecule has 0 atom stereocenters. The zero-order valence-electron chi connectivity index (χ0n) is 15.1. The number of hydrogen-bond donors (Lipinski definition) is 1. The van der Waals surface area contributed by atoms with Crippen LogP contribution in [0.25, 0.3) is 44.2 Å². The third kappa shape index (κ3) is 2.89. The second-order valence-electron chi connectivity index (χ2n) is 6.70. The summed E-state index contributed by atoms with van der Waals surface area (Å²) in [7, 11) is 0. The van der Waals surface area contributed by atoms with Crippen molar-refractivity contribution in [2.24, 2.45) is 0 Å². The van der Waals surface area contributed by atoms with Gasteiger partial charge in [-0.1, -0.05) is 48.5 Å². The van der Waals surface area contributed by atoms with E-state index in [2.05, 4.69) is 0 Å². The molecule has 2 aromatic heterocycles. The van der Waals surface area contributed by atoms with E-state index in [-0.39, 0.29) is 16.9 Å². The Balaban J connectivity index is 1.83. The minimum Gasteiger partial charge on any atom is -0.508 e. The zero-order chi connectivity index (χ0) is 20.0. The molecule has 29 heavy (non-hydrogen) atoms. The molecule has 0 spiro atoms. The lowest BCUT2D eigenvalue weighted by molar-refractivity contribution is 0.473. The van der Waals surface area contributed by atoms with Gasteiger partial charge in [-0.3, -0.25) is 0 Å². The van der Waals surface area contributed by atoms with E-state index in [1.807, 2.05) is 42.5 Å². The van der Waals surface area contributed by atoms with E-state index >= 15 is 0 Å². The minimum absolute atomic E-state index is 0.0112. The lowest BCUT2D eigenvalue weighted by Crippen LogP contribution is -2.05. The van der Waals surface area contributed by atoms with Gasteiger partial charge in [-0.15, -0.1) is 0 Å². The van der Waals surface area contributed by atoms with Gasteiger partial charge in [0.15, 0.2) is 0 Å². The molecule has 5 aromatic rings. The first-order valence-electron chi connectivity index (χ1n) is 9.00. The Morgan fingerprint density at radius 3 is 2.34 bits per heavy atom. The summed E-state index contributed by atoms with van der Waals surface area (Å²) in [6, 6.07) is 22.6. The summed E-state index contributed by atoms with van der Waals surface area (Å²) in [6.45, 7) is 0. The number of rotatable bonds is 2. The molecule has 5 nitrogen and oxygen atoms in total. The molecule has 0 saturated heterocycles. The van der Waals surface area contributed by atoms with Crippen molar-refractivity contribution in [3.63, 3.8) is 0 Å². The summed E-state index contributed by atoms with van der Waals surface area (Å²) in [6.07, 6.45) is 0. The smallest absolute Gasteiger partial charge is 0.344 e. The SMILES string of the molecule is O=c1cc(-c2ccccc2)c2cccc(-c3cc4ccc(O)cc4oc3=O)c2o1. The first-order chi connectivity index (χ1) is 14.1. The van der Waals surface area contributed by atoms with Gasteiger partial charge in [0.1, 0.15) is 16.9 Å².